The SMILES string of the molecule is O=C(Nc1ccc(Cl)cc1)c1nn(-c2ccccc2)c2c1CCCC2. The molecule has 0 saturated carbocycles. The molecule has 4 rings (SSSR count). The number of benzene rings is 2. The highest BCUT2D eigenvalue weighted by molar-refractivity contribution is 6.30. The number of para-hydroxylation sites is 1. The maximum absolute atomic E-state index is 12.8. The Hall–Kier alpha value is -2.59. The molecular weight excluding hydrogens is 334 g/mol. The molecule has 0 spiro atoms. The minimum absolute atomic E-state index is 0.171. The van der Waals surface area contributed by atoms with Crippen LogP contribution in [0.25, 0.3) is 5.69 Å². The van der Waals surface area contributed by atoms with E-state index in [0.29, 0.717) is 16.4 Å². The number of anilines is 1. The summed E-state index contributed by atoms with van der Waals surface area (Å²) in [6, 6.07) is 17.1. The average Bonchev–Trinajstić information content (AvgIpc) is 3.04. The van der Waals surface area contributed by atoms with Crippen molar-refractivity contribution < 1.29 is 4.79 Å². The maximum Gasteiger partial charge on any atom is 0.276 e. The molecular formula is C20H18ClN3O. The molecule has 2 aromatic carbocycles. The van der Waals surface area contributed by atoms with Crippen molar-refractivity contribution in [2.24, 2.45) is 0 Å². The first-order chi connectivity index (χ1) is 12.2. The Balaban J connectivity index is 1.70. The monoisotopic (exact) mass is 351 g/mol. The van der Waals surface area contributed by atoms with Crippen LogP contribution in [0.4, 0.5) is 5.69 Å². The van der Waals surface area contributed by atoms with Crippen LogP contribution < -0.4 is 5.32 Å². The van der Waals surface area contributed by atoms with Crippen molar-refractivity contribution >= 4 is 23.2 Å². The van der Waals surface area contributed by atoms with Crippen molar-refractivity contribution in [1.82, 2.24) is 9.78 Å². The van der Waals surface area contributed by atoms with E-state index in [1.165, 1.54) is 0 Å². The van der Waals surface area contributed by atoms with Crippen molar-refractivity contribution in [3.63, 3.8) is 0 Å². The quantitative estimate of drug-likeness (QED) is 0.746. The van der Waals surface area contributed by atoms with Crippen LogP contribution in [0.15, 0.2) is 54.6 Å². The van der Waals surface area contributed by atoms with Gasteiger partial charge in [-0.1, -0.05) is 29.8 Å². The summed E-state index contributed by atoms with van der Waals surface area (Å²) < 4.78 is 1.92. The lowest BCUT2D eigenvalue weighted by molar-refractivity contribution is 0.102. The van der Waals surface area contributed by atoms with E-state index >= 15 is 0 Å². The average molecular weight is 352 g/mol. The van der Waals surface area contributed by atoms with E-state index < -0.39 is 0 Å². The molecule has 4 nitrogen and oxygen atoms in total. The maximum atomic E-state index is 12.8. The Kier molecular flexibility index (Phi) is 4.28. The Morgan fingerprint density at radius 3 is 2.48 bits per heavy atom. The van der Waals surface area contributed by atoms with Crippen LogP contribution in [-0.2, 0) is 12.8 Å². The van der Waals surface area contributed by atoms with Gasteiger partial charge < -0.3 is 5.32 Å². The third-order valence-electron chi connectivity index (χ3n) is 4.50. The van der Waals surface area contributed by atoms with Gasteiger partial charge in [-0.15, -0.1) is 0 Å². The molecule has 1 aromatic heterocycles. The lowest BCUT2D eigenvalue weighted by Crippen LogP contribution is -2.15. The first-order valence-electron chi connectivity index (χ1n) is 8.45. The number of amides is 1. The molecule has 1 heterocycles. The van der Waals surface area contributed by atoms with Crippen molar-refractivity contribution in [1.29, 1.82) is 0 Å². The molecule has 5 heteroatoms. The molecule has 0 atom stereocenters. The fourth-order valence-corrected chi connectivity index (χ4v) is 3.41. The molecule has 0 bridgehead atoms. The molecule has 1 aliphatic rings. The number of nitrogens with zero attached hydrogens (tertiary/aromatic N) is 2. The standard InChI is InChI=1S/C20H18ClN3O/c21-14-10-12-15(13-11-14)22-20(25)19-17-8-4-5-9-18(17)24(23-19)16-6-2-1-3-7-16/h1-3,6-7,10-13H,4-5,8-9H2,(H,22,25). The normalized spacial score (nSPS) is 13.3. The molecule has 1 amide bonds. The summed E-state index contributed by atoms with van der Waals surface area (Å²) in [6.45, 7) is 0. The molecule has 0 aliphatic heterocycles. The van der Waals surface area contributed by atoms with Gasteiger partial charge in [0.15, 0.2) is 5.69 Å². The summed E-state index contributed by atoms with van der Waals surface area (Å²) in [7, 11) is 0. The van der Waals surface area contributed by atoms with Gasteiger partial charge in [0.1, 0.15) is 0 Å². The van der Waals surface area contributed by atoms with Gasteiger partial charge in [0.25, 0.3) is 5.91 Å². The van der Waals surface area contributed by atoms with Gasteiger partial charge in [0, 0.05) is 22.0 Å². The highest BCUT2D eigenvalue weighted by Gasteiger charge is 2.25. The van der Waals surface area contributed by atoms with Crippen LogP contribution in [0, 0.1) is 0 Å². The zero-order valence-corrected chi connectivity index (χ0v) is 14.5. The second-order valence-corrected chi connectivity index (χ2v) is 6.63. The van der Waals surface area contributed by atoms with E-state index in [0.717, 1.165) is 42.6 Å². The van der Waals surface area contributed by atoms with Crippen LogP contribution in [0.5, 0.6) is 0 Å². The van der Waals surface area contributed by atoms with Crippen molar-refractivity contribution in [2.75, 3.05) is 5.32 Å². The second-order valence-electron chi connectivity index (χ2n) is 6.19. The molecule has 3 aromatic rings. The summed E-state index contributed by atoms with van der Waals surface area (Å²) in [5.74, 6) is -0.171. The van der Waals surface area contributed by atoms with Crippen LogP contribution in [0.1, 0.15) is 34.6 Å². The van der Waals surface area contributed by atoms with Crippen molar-refractivity contribution in [2.45, 2.75) is 25.7 Å². The van der Waals surface area contributed by atoms with E-state index in [1.807, 2.05) is 35.0 Å². The Morgan fingerprint density at radius 1 is 1.00 bits per heavy atom. The predicted octanol–water partition coefficient (Wildman–Crippen LogP) is 4.66. The van der Waals surface area contributed by atoms with Gasteiger partial charge in [-0.2, -0.15) is 5.10 Å². The number of aromatic nitrogens is 2. The molecule has 1 N–H and O–H groups in total. The fraction of sp³-hybridized carbons (Fsp3) is 0.200. The largest absolute Gasteiger partial charge is 0.321 e. The fourth-order valence-electron chi connectivity index (χ4n) is 3.29. The molecule has 1 aliphatic carbocycles. The highest BCUT2D eigenvalue weighted by atomic mass is 35.5. The zero-order chi connectivity index (χ0) is 17.2. The smallest absolute Gasteiger partial charge is 0.276 e. The molecule has 25 heavy (non-hydrogen) atoms. The number of rotatable bonds is 3. The van der Waals surface area contributed by atoms with Gasteiger partial charge in [-0.25, -0.2) is 4.68 Å². The first kappa shape index (κ1) is 15.9. The Labute approximate surface area is 151 Å². The number of carbonyl (C=O) groups excluding carboxylic acids is 1. The number of carbonyl (C=O) groups is 1. The van der Waals surface area contributed by atoms with E-state index in [4.69, 9.17) is 11.6 Å². The number of hydrogen-bond donors (Lipinski definition) is 1. The first-order valence-corrected chi connectivity index (χ1v) is 8.83. The van der Waals surface area contributed by atoms with E-state index in [2.05, 4.69) is 10.4 Å². The summed E-state index contributed by atoms with van der Waals surface area (Å²) in [5.41, 5.74) is 4.45. The minimum atomic E-state index is -0.171. The summed E-state index contributed by atoms with van der Waals surface area (Å²) in [5, 5.41) is 8.22. The van der Waals surface area contributed by atoms with Crippen LogP contribution in [0.2, 0.25) is 5.02 Å². The minimum Gasteiger partial charge on any atom is -0.321 e. The van der Waals surface area contributed by atoms with Gasteiger partial charge in [0.05, 0.1) is 5.69 Å². The summed E-state index contributed by atoms with van der Waals surface area (Å²) in [6.07, 6.45) is 4.06. The van der Waals surface area contributed by atoms with Crippen LogP contribution >= 0.6 is 11.6 Å². The van der Waals surface area contributed by atoms with Gasteiger partial charge >= 0.3 is 0 Å². The summed E-state index contributed by atoms with van der Waals surface area (Å²) >= 11 is 5.90. The second kappa shape index (κ2) is 6.73. The van der Waals surface area contributed by atoms with Crippen LogP contribution in [0.3, 0.4) is 0 Å². The summed E-state index contributed by atoms with van der Waals surface area (Å²) in [4.78, 5) is 12.8. The highest BCUT2D eigenvalue weighted by Crippen LogP contribution is 2.27. The van der Waals surface area contributed by atoms with E-state index in [1.54, 1.807) is 24.3 Å². The number of halogens is 1. The van der Waals surface area contributed by atoms with Gasteiger partial charge in [-0.3, -0.25) is 4.79 Å². The van der Waals surface area contributed by atoms with Crippen molar-refractivity contribution in [3.05, 3.63) is 76.6 Å². The number of nitrogens with one attached hydrogen (secondary N) is 1. The molecule has 0 fully saturated rings. The zero-order valence-electron chi connectivity index (χ0n) is 13.7. The van der Waals surface area contributed by atoms with Gasteiger partial charge in [-0.05, 0) is 62.1 Å². The van der Waals surface area contributed by atoms with Crippen LogP contribution in [-0.4, -0.2) is 15.7 Å². The predicted molar refractivity (Wildman–Crippen MR) is 99.6 cm³/mol. The molecule has 126 valence electrons. The lowest BCUT2D eigenvalue weighted by Gasteiger charge is -2.14. The number of fused-ring (bicyclic) bond motifs is 1. The Morgan fingerprint density at radius 2 is 1.72 bits per heavy atom. The topological polar surface area (TPSA) is 46.9 Å². The Bertz CT molecular complexity index is 901. The van der Waals surface area contributed by atoms with E-state index in [9.17, 15) is 4.79 Å². The lowest BCUT2D eigenvalue weighted by atomic mass is 9.95. The number of hydrogen-bond acceptors (Lipinski definition) is 2. The van der Waals surface area contributed by atoms with Crippen molar-refractivity contribution in [3.8, 4) is 5.69 Å². The third-order valence-corrected chi connectivity index (χ3v) is 4.75. The van der Waals surface area contributed by atoms with E-state index in [-0.39, 0.29) is 5.91 Å². The molecule has 0 unspecified atom stereocenters. The van der Waals surface area contributed by atoms with Gasteiger partial charge in [0.2, 0.25) is 0 Å². The molecule has 0 saturated heterocycles. The third kappa shape index (κ3) is 3.17. The molecule has 0 radical (unpaired) electrons.